The number of nitrogens with zero attached hydrogens (tertiary/aromatic N) is 1. The minimum Gasteiger partial charge on any atom is -0.480 e. The van der Waals surface area contributed by atoms with E-state index in [9.17, 15) is 24.9 Å². The van der Waals surface area contributed by atoms with Gasteiger partial charge in [0.25, 0.3) is 0 Å². The number of hydrogen-bond acceptors (Lipinski definition) is 5. The minimum absolute atomic E-state index is 0.119. The van der Waals surface area contributed by atoms with Gasteiger partial charge >= 0.3 is 5.97 Å². The zero-order valence-corrected chi connectivity index (χ0v) is 14.6. The third-order valence-corrected chi connectivity index (χ3v) is 6.04. The molecule has 0 aliphatic carbocycles. The minimum atomic E-state index is -1.86. The molecule has 5 atom stereocenters. The fourth-order valence-corrected chi connectivity index (χ4v) is 4.56. The van der Waals surface area contributed by atoms with Crippen molar-refractivity contribution in [1.82, 2.24) is 4.90 Å². The van der Waals surface area contributed by atoms with Crippen molar-refractivity contribution in [3.8, 4) is 0 Å². The second-order valence-corrected chi connectivity index (χ2v) is 7.22. The molecule has 136 valence electrons. The maximum absolute atomic E-state index is 13.3. The molecular weight excluding hydrogens is 322 g/mol. The molecule has 2 aliphatic rings. The number of carboxylic acid groups (broad SMARTS) is 1. The number of aliphatic carboxylic acids is 1. The summed E-state index contributed by atoms with van der Waals surface area (Å²) in [6.07, 6.45) is 0.219. The Hall–Kier alpha value is -1.76. The molecule has 6 nitrogen and oxygen atoms in total. The first-order valence-corrected chi connectivity index (χ1v) is 8.80. The van der Waals surface area contributed by atoms with Crippen LogP contribution in [0.5, 0.6) is 0 Å². The average molecular weight is 347 g/mol. The van der Waals surface area contributed by atoms with E-state index in [4.69, 9.17) is 0 Å². The van der Waals surface area contributed by atoms with Gasteiger partial charge in [0, 0.05) is 17.6 Å². The summed E-state index contributed by atoms with van der Waals surface area (Å²) in [6.45, 7) is 1.83. The number of aliphatic hydroxyl groups excluding tert-OH is 2. The molecule has 0 saturated carbocycles. The average Bonchev–Trinajstić information content (AvgIpc) is 2.87. The number of rotatable bonds is 5. The number of aliphatic hydroxyl groups is 2. The first-order valence-electron chi connectivity index (χ1n) is 8.80. The van der Waals surface area contributed by atoms with Crippen LogP contribution in [-0.2, 0) is 4.79 Å². The molecule has 0 aromatic heterocycles. The highest BCUT2D eigenvalue weighted by Crippen LogP contribution is 2.48. The van der Waals surface area contributed by atoms with E-state index < -0.39 is 35.4 Å². The summed E-state index contributed by atoms with van der Waals surface area (Å²) in [7, 11) is 1.83. The van der Waals surface area contributed by atoms with Gasteiger partial charge in [-0.25, -0.2) is 0 Å². The van der Waals surface area contributed by atoms with Gasteiger partial charge in [-0.15, -0.1) is 0 Å². The zero-order chi connectivity index (χ0) is 18.4. The molecule has 0 spiro atoms. The van der Waals surface area contributed by atoms with E-state index in [1.807, 2.05) is 18.9 Å². The number of carbonyl (C=O) groups excluding carboxylic acids is 1. The summed E-state index contributed by atoms with van der Waals surface area (Å²) >= 11 is 0. The van der Waals surface area contributed by atoms with Crippen LogP contribution in [-0.4, -0.2) is 57.2 Å². The standard InChI is InChI=1S/C19H25NO5/c1-3-14(21)11-5-4-6-12(9-11)17(23)19(18(24)25)15-8-7-13(20(15)2)10-16(19)22/h4-6,9,13-16,21-22H,3,7-8,10H2,1-2H3,(H,24,25)/t13-,14?,15+,16-,19+/m0/s1. The molecule has 1 aromatic rings. The van der Waals surface area contributed by atoms with Gasteiger partial charge in [-0.1, -0.05) is 25.1 Å². The molecule has 2 aliphatic heterocycles. The number of carboxylic acids is 1. The van der Waals surface area contributed by atoms with Crippen molar-refractivity contribution in [2.45, 2.75) is 56.9 Å². The molecular formula is C19H25NO5. The van der Waals surface area contributed by atoms with E-state index in [-0.39, 0.29) is 18.0 Å². The van der Waals surface area contributed by atoms with Crippen molar-refractivity contribution in [3.05, 3.63) is 35.4 Å². The maximum atomic E-state index is 13.3. The number of Topliss-reactive ketones (excluding diaryl/α,β-unsaturated/α-hetero) is 1. The van der Waals surface area contributed by atoms with Crippen molar-refractivity contribution in [1.29, 1.82) is 0 Å². The number of hydrogen-bond donors (Lipinski definition) is 3. The maximum Gasteiger partial charge on any atom is 0.321 e. The molecule has 2 fully saturated rings. The lowest BCUT2D eigenvalue weighted by molar-refractivity contribution is -0.161. The lowest BCUT2D eigenvalue weighted by atomic mass is 9.67. The van der Waals surface area contributed by atoms with Crippen molar-refractivity contribution < 1.29 is 24.9 Å². The molecule has 1 aromatic carbocycles. The predicted octanol–water partition coefficient (Wildman–Crippen LogP) is 1.61. The Labute approximate surface area is 147 Å². The molecule has 25 heavy (non-hydrogen) atoms. The van der Waals surface area contributed by atoms with Gasteiger partial charge in [0.2, 0.25) is 0 Å². The quantitative estimate of drug-likeness (QED) is 0.553. The predicted molar refractivity (Wildman–Crippen MR) is 91.3 cm³/mol. The fourth-order valence-electron chi connectivity index (χ4n) is 4.56. The van der Waals surface area contributed by atoms with Crippen molar-refractivity contribution in [2.24, 2.45) is 5.41 Å². The second kappa shape index (κ2) is 6.52. The van der Waals surface area contributed by atoms with Gasteiger partial charge in [-0.2, -0.15) is 0 Å². The summed E-state index contributed by atoms with van der Waals surface area (Å²) in [5.41, 5.74) is -1.06. The lowest BCUT2D eigenvalue weighted by Crippen LogP contribution is -2.64. The number of carbonyl (C=O) groups is 2. The topological polar surface area (TPSA) is 98.1 Å². The van der Waals surface area contributed by atoms with E-state index in [0.29, 0.717) is 18.4 Å². The van der Waals surface area contributed by atoms with E-state index in [1.165, 1.54) is 0 Å². The van der Waals surface area contributed by atoms with Gasteiger partial charge in [0.1, 0.15) is 0 Å². The number of benzene rings is 1. The van der Waals surface area contributed by atoms with Crippen molar-refractivity contribution in [3.63, 3.8) is 0 Å². The lowest BCUT2D eigenvalue weighted by Gasteiger charge is -2.46. The van der Waals surface area contributed by atoms with Gasteiger partial charge in [-0.05, 0) is 44.4 Å². The Morgan fingerprint density at radius 3 is 2.72 bits per heavy atom. The third-order valence-electron chi connectivity index (χ3n) is 6.04. The van der Waals surface area contributed by atoms with Gasteiger partial charge in [-0.3, -0.25) is 14.5 Å². The highest BCUT2D eigenvalue weighted by Gasteiger charge is 2.64. The number of piperidine rings is 1. The summed E-state index contributed by atoms with van der Waals surface area (Å²) in [4.78, 5) is 27.5. The van der Waals surface area contributed by atoms with Gasteiger partial charge in [0.15, 0.2) is 11.2 Å². The van der Waals surface area contributed by atoms with Crippen molar-refractivity contribution in [2.75, 3.05) is 7.05 Å². The van der Waals surface area contributed by atoms with Crippen LogP contribution in [0.3, 0.4) is 0 Å². The molecule has 2 bridgehead atoms. The molecule has 2 saturated heterocycles. The Kier molecular flexibility index (Phi) is 4.70. The molecule has 6 heteroatoms. The van der Waals surface area contributed by atoms with Crippen LogP contribution < -0.4 is 0 Å². The van der Waals surface area contributed by atoms with Gasteiger partial charge < -0.3 is 15.3 Å². The van der Waals surface area contributed by atoms with Crippen LogP contribution in [0.2, 0.25) is 0 Å². The normalized spacial score (nSPS) is 33.2. The van der Waals surface area contributed by atoms with Gasteiger partial charge in [0.05, 0.1) is 12.2 Å². The zero-order valence-electron chi connectivity index (χ0n) is 14.6. The molecule has 1 unspecified atom stereocenters. The van der Waals surface area contributed by atoms with Crippen LogP contribution in [0.25, 0.3) is 0 Å². The molecule has 3 N–H and O–H groups in total. The smallest absolute Gasteiger partial charge is 0.321 e. The number of ketones is 1. The summed E-state index contributed by atoms with van der Waals surface area (Å²) in [5, 5.41) is 30.7. The Bertz CT molecular complexity index is 690. The van der Waals surface area contributed by atoms with Crippen LogP contribution in [0, 0.1) is 5.41 Å². The molecule has 3 rings (SSSR count). The largest absolute Gasteiger partial charge is 0.480 e. The fraction of sp³-hybridized carbons (Fsp3) is 0.579. The van der Waals surface area contributed by atoms with E-state index >= 15 is 0 Å². The van der Waals surface area contributed by atoms with E-state index in [0.717, 1.165) is 6.42 Å². The summed E-state index contributed by atoms with van der Waals surface area (Å²) < 4.78 is 0. The SMILES string of the molecule is CCC(O)c1cccc(C(=O)[C@]2(C(=O)O)[C@@H](O)C[C@@H]3CC[C@H]2N3C)c1. The summed E-state index contributed by atoms with van der Waals surface area (Å²) in [6, 6.07) is 6.07. The van der Waals surface area contributed by atoms with Crippen molar-refractivity contribution >= 4 is 11.8 Å². The van der Waals surface area contributed by atoms with Crippen LogP contribution >= 0.6 is 0 Å². The van der Waals surface area contributed by atoms with E-state index in [1.54, 1.807) is 24.3 Å². The van der Waals surface area contributed by atoms with Crippen LogP contribution in [0.1, 0.15) is 54.6 Å². The first-order chi connectivity index (χ1) is 11.8. The highest BCUT2D eigenvalue weighted by atomic mass is 16.4. The van der Waals surface area contributed by atoms with E-state index in [2.05, 4.69) is 0 Å². The Morgan fingerprint density at radius 1 is 1.36 bits per heavy atom. The summed E-state index contributed by atoms with van der Waals surface area (Å²) in [5.74, 6) is -1.85. The van der Waals surface area contributed by atoms with Crippen LogP contribution in [0.15, 0.2) is 24.3 Å². The monoisotopic (exact) mass is 347 g/mol. The Balaban J connectivity index is 2.07. The Morgan fingerprint density at radius 2 is 2.08 bits per heavy atom. The van der Waals surface area contributed by atoms with Crippen LogP contribution in [0.4, 0.5) is 0 Å². The molecule has 0 radical (unpaired) electrons. The molecule has 2 heterocycles. The highest BCUT2D eigenvalue weighted by molar-refractivity contribution is 6.13. The number of fused-ring (bicyclic) bond motifs is 2. The molecule has 0 amide bonds. The third kappa shape index (κ3) is 2.60. The first kappa shape index (κ1) is 18.0. The second-order valence-electron chi connectivity index (χ2n) is 7.22.